The maximum atomic E-state index is 12.4. The first kappa shape index (κ1) is 16.5. The number of carbonyl (C=O) groups excluding carboxylic acids is 1. The van der Waals surface area contributed by atoms with E-state index in [9.17, 15) is 4.79 Å². The highest BCUT2D eigenvalue weighted by Gasteiger charge is 2.13. The number of amides is 1. The minimum absolute atomic E-state index is 0.220. The van der Waals surface area contributed by atoms with Crippen molar-refractivity contribution < 1.29 is 4.79 Å². The highest BCUT2D eigenvalue weighted by molar-refractivity contribution is 7.15. The molecule has 8 heteroatoms. The molecule has 7 nitrogen and oxygen atoms in total. The molecule has 0 aromatic carbocycles. The molecule has 3 aromatic rings. The van der Waals surface area contributed by atoms with Crippen LogP contribution in [0.1, 0.15) is 55.0 Å². The molecule has 0 fully saturated rings. The molecule has 0 saturated heterocycles. The third kappa shape index (κ3) is 3.43. The first-order chi connectivity index (χ1) is 11.6. The van der Waals surface area contributed by atoms with Crippen LogP contribution < -0.4 is 5.32 Å². The third-order valence-electron chi connectivity index (χ3n) is 3.62. The van der Waals surface area contributed by atoms with Crippen LogP contribution >= 0.6 is 11.3 Å². The molecule has 0 unspecified atom stereocenters. The molecule has 0 aliphatic carbocycles. The summed E-state index contributed by atoms with van der Waals surface area (Å²) in [5, 5.41) is 17.5. The molecule has 0 bridgehead atoms. The summed E-state index contributed by atoms with van der Waals surface area (Å²) in [6.07, 6.45) is 6.37. The number of hydrogen-bond donors (Lipinski definition) is 1. The monoisotopic (exact) mass is 344 g/mol. The fourth-order valence-corrected chi connectivity index (χ4v) is 3.12. The van der Waals surface area contributed by atoms with Crippen molar-refractivity contribution in [1.29, 1.82) is 0 Å². The van der Waals surface area contributed by atoms with Gasteiger partial charge in [-0.15, -0.1) is 10.2 Å². The summed E-state index contributed by atoms with van der Waals surface area (Å²) in [5.41, 5.74) is 1.26. The summed E-state index contributed by atoms with van der Waals surface area (Å²) in [6, 6.07) is 2.01. The molecule has 1 amide bonds. The number of hydrogen-bond acceptors (Lipinski definition) is 6. The molecular formula is C16H20N6OS. The van der Waals surface area contributed by atoms with Gasteiger partial charge >= 0.3 is 0 Å². The first-order valence-corrected chi connectivity index (χ1v) is 8.87. The summed E-state index contributed by atoms with van der Waals surface area (Å²) >= 11 is 1.42. The Balaban J connectivity index is 1.75. The van der Waals surface area contributed by atoms with Gasteiger partial charge in [0.1, 0.15) is 5.01 Å². The molecular weight excluding hydrogens is 324 g/mol. The van der Waals surface area contributed by atoms with Crippen LogP contribution in [0.2, 0.25) is 0 Å². The second kappa shape index (κ2) is 7.04. The Morgan fingerprint density at radius 3 is 2.92 bits per heavy atom. The summed E-state index contributed by atoms with van der Waals surface area (Å²) < 4.78 is 1.84. The third-order valence-corrected chi connectivity index (χ3v) is 4.51. The standard InChI is InChI=1S/C16H20N6OS/c1-4-5-6-13-20-21-16(24-13)19-15(23)12-7-11-9-18-22(10(2)3)14(11)17-8-12/h7-10H,4-6H2,1-3H3,(H,19,21,23). The summed E-state index contributed by atoms with van der Waals surface area (Å²) in [5.74, 6) is -0.236. The molecule has 0 aliphatic rings. The average molecular weight is 344 g/mol. The second-order valence-corrected chi connectivity index (χ2v) is 6.94. The van der Waals surface area contributed by atoms with Crippen molar-refractivity contribution in [2.45, 2.75) is 46.1 Å². The lowest BCUT2D eigenvalue weighted by atomic mass is 10.2. The zero-order valence-electron chi connectivity index (χ0n) is 14.0. The first-order valence-electron chi connectivity index (χ1n) is 8.05. The van der Waals surface area contributed by atoms with Gasteiger partial charge in [-0.2, -0.15) is 5.10 Å². The van der Waals surface area contributed by atoms with Crippen LogP contribution in [0.15, 0.2) is 18.5 Å². The van der Waals surface area contributed by atoms with Gasteiger partial charge in [0.25, 0.3) is 5.91 Å². The van der Waals surface area contributed by atoms with Gasteiger partial charge in [-0.25, -0.2) is 9.67 Å². The van der Waals surface area contributed by atoms with Gasteiger partial charge < -0.3 is 0 Å². The number of fused-ring (bicyclic) bond motifs is 1. The lowest BCUT2D eigenvalue weighted by Crippen LogP contribution is -2.12. The van der Waals surface area contributed by atoms with Crippen molar-refractivity contribution in [2.24, 2.45) is 0 Å². The number of carbonyl (C=O) groups is 1. The van der Waals surface area contributed by atoms with Crippen LogP contribution in [-0.2, 0) is 6.42 Å². The highest BCUT2D eigenvalue weighted by Crippen LogP contribution is 2.20. The predicted molar refractivity (Wildman–Crippen MR) is 94.4 cm³/mol. The molecule has 3 heterocycles. The van der Waals surface area contributed by atoms with Crippen molar-refractivity contribution in [1.82, 2.24) is 25.0 Å². The Labute approximate surface area is 144 Å². The molecule has 0 spiro atoms. The number of unbranched alkanes of at least 4 members (excludes halogenated alkanes) is 1. The van der Waals surface area contributed by atoms with Gasteiger partial charge in [-0.3, -0.25) is 10.1 Å². The number of pyridine rings is 1. The lowest BCUT2D eigenvalue weighted by Gasteiger charge is -2.06. The molecule has 24 heavy (non-hydrogen) atoms. The molecule has 0 aliphatic heterocycles. The summed E-state index contributed by atoms with van der Waals surface area (Å²) in [4.78, 5) is 16.8. The summed E-state index contributed by atoms with van der Waals surface area (Å²) in [6.45, 7) is 6.22. The molecule has 126 valence electrons. The van der Waals surface area contributed by atoms with Crippen molar-refractivity contribution >= 4 is 33.4 Å². The number of aromatic nitrogens is 5. The Bertz CT molecular complexity index is 853. The maximum Gasteiger partial charge on any atom is 0.259 e. The number of nitrogens with one attached hydrogen (secondary N) is 1. The fraction of sp³-hybridized carbons (Fsp3) is 0.438. The van der Waals surface area contributed by atoms with Gasteiger partial charge in [0.05, 0.1) is 11.8 Å². The van der Waals surface area contributed by atoms with Gasteiger partial charge in [0, 0.05) is 24.0 Å². The SMILES string of the molecule is CCCCc1nnc(NC(=O)c2cnc3c(cnn3C(C)C)c2)s1. The van der Waals surface area contributed by atoms with E-state index >= 15 is 0 Å². The van der Waals surface area contributed by atoms with Crippen LogP contribution in [0.3, 0.4) is 0 Å². The minimum atomic E-state index is -0.236. The van der Waals surface area contributed by atoms with E-state index in [0.29, 0.717) is 10.7 Å². The molecule has 0 atom stereocenters. The predicted octanol–water partition coefficient (Wildman–Crippen LogP) is 3.46. The normalized spacial score (nSPS) is 11.3. The van der Waals surface area contributed by atoms with Crippen LogP contribution in [-0.4, -0.2) is 30.9 Å². The van der Waals surface area contributed by atoms with E-state index in [1.807, 2.05) is 18.5 Å². The molecule has 3 rings (SSSR count). The largest absolute Gasteiger partial charge is 0.296 e. The van der Waals surface area contributed by atoms with Gasteiger partial charge in [0.15, 0.2) is 5.65 Å². The highest BCUT2D eigenvalue weighted by atomic mass is 32.1. The van der Waals surface area contributed by atoms with Gasteiger partial charge in [0.2, 0.25) is 5.13 Å². The van der Waals surface area contributed by atoms with Gasteiger partial charge in [-0.05, 0) is 26.3 Å². The number of rotatable bonds is 6. The Kier molecular flexibility index (Phi) is 4.84. The Hall–Kier alpha value is -2.35. The van der Waals surface area contributed by atoms with Crippen LogP contribution in [0.25, 0.3) is 11.0 Å². The lowest BCUT2D eigenvalue weighted by molar-refractivity contribution is 0.102. The topological polar surface area (TPSA) is 85.6 Å². The smallest absolute Gasteiger partial charge is 0.259 e. The number of anilines is 1. The Morgan fingerprint density at radius 2 is 2.17 bits per heavy atom. The minimum Gasteiger partial charge on any atom is -0.296 e. The number of aryl methyl sites for hydroxylation is 1. The molecule has 0 saturated carbocycles. The van der Waals surface area contributed by atoms with Crippen molar-refractivity contribution in [2.75, 3.05) is 5.32 Å². The summed E-state index contributed by atoms with van der Waals surface area (Å²) in [7, 11) is 0. The van der Waals surface area contributed by atoms with E-state index in [-0.39, 0.29) is 11.9 Å². The van der Waals surface area contributed by atoms with Crippen LogP contribution in [0, 0.1) is 0 Å². The van der Waals surface area contributed by atoms with E-state index < -0.39 is 0 Å². The maximum absolute atomic E-state index is 12.4. The Morgan fingerprint density at radius 1 is 1.33 bits per heavy atom. The zero-order valence-corrected chi connectivity index (χ0v) is 14.8. The zero-order chi connectivity index (χ0) is 17.1. The molecule has 1 N–H and O–H groups in total. The fourth-order valence-electron chi connectivity index (χ4n) is 2.34. The molecule has 3 aromatic heterocycles. The van der Waals surface area contributed by atoms with Crippen LogP contribution in [0.5, 0.6) is 0 Å². The van der Waals surface area contributed by atoms with E-state index in [1.165, 1.54) is 11.3 Å². The molecule has 0 radical (unpaired) electrons. The van der Waals surface area contributed by atoms with E-state index in [2.05, 4.69) is 32.5 Å². The second-order valence-electron chi connectivity index (χ2n) is 5.88. The quantitative estimate of drug-likeness (QED) is 0.740. The average Bonchev–Trinajstić information content (AvgIpc) is 3.18. The van der Waals surface area contributed by atoms with Crippen molar-refractivity contribution in [3.63, 3.8) is 0 Å². The van der Waals surface area contributed by atoms with E-state index in [1.54, 1.807) is 18.5 Å². The van der Waals surface area contributed by atoms with E-state index in [4.69, 9.17) is 0 Å². The van der Waals surface area contributed by atoms with Crippen LogP contribution in [0.4, 0.5) is 5.13 Å². The van der Waals surface area contributed by atoms with Crippen molar-refractivity contribution in [3.8, 4) is 0 Å². The van der Waals surface area contributed by atoms with Gasteiger partial charge in [-0.1, -0.05) is 24.7 Å². The number of nitrogens with zero attached hydrogens (tertiary/aromatic N) is 5. The van der Waals surface area contributed by atoms with E-state index in [0.717, 1.165) is 35.3 Å². The van der Waals surface area contributed by atoms with Crippen molar-refractivity contribution in [3.05, 3.63) is 29.0 Å².